The van der Waals surface area contributed by atoms with Crippen molar-refractivity contribution in [2.45, 2.75) is 24.0 Å². The summed E-state index contributed by atoms with van der Waals surface area (Å²) >= 11 is 1.37. The molecule has 2 aliphatic heterocycles. The van der Waals surface area contributed by atoms with Crippen LogP contribution in [0.2, 0.25) is 4.78 Å². The predicted molar refractivity (Wildman–Crippen MR) is 67.4 cm³/mol. The lowest BCUT2D eigenvalue weighted by atomic mass is 10.1. The second-order valence-corrected chi connectivity index (χ2v) is 7.27. The molecule has 0 aromatic carbocycles. The van der Waals surface area contributed by atoms with Gasteiger partial charge in [-0.3, -0.25) is 4.67 Å². The number of nitrogens with zero attached hydrogens (tertiary/aromatic N) is 2. The molecule has 0 radical (unpaired) electrons. The highest BCUT2D eigenvalue weighted by atomic mass is 31.0. The van der Waals surface area contributed by atoms with E-state index in [1.54, 1.807) is 0 Å². The van der Waals surface area contributed by atoms with Crippen LogP contribution >= 0.6 is 9.39 Å². The fourth-order valence-corrected chi connectivity index (χ4v) is 4.70. The van der Waals surface area contributed by atoms with Crippen molar-refractivity contribution in [2.75, 3.05) is 32.7 Å². The van der Waals surface area contributed by atoms with Gasteiger partial charge in [0.15, 0.2) is 0 Å². The van der Waals surface area contributed by atoms with Crippen molar-refractivity contribution in [2.24, 2.45) is 5.92 Å². The highest BCUT2D eigenvalue weighted by molar-refractivity contribution is 7.13. The third kappa shape index (κ3) is 2.94. The first kappa shape index (κ1) is 11.4. The number of hydrogen-bond donors (Lipinski definition) is 0. The summed E-state index contributed by atoms with van der Waals surface area (Å²) in [6.07, 6.45) is 4.33. The highest BCUT2D eigenvalue weighted by Gasteiger charge is 2.28. The van der Waals surface area contributed by atoms with E-state index < -0.39 is 0 Å². The predicted octanol–water partition coefficient (Wildman–Crippen LogP) is 0.616. The van der Waals surface area contributed by atoms with Crippen molar-refractivity contribution in [3.63, 3.8) is 0 Å². The quantitative estimate of drug-likeness (QED) is 0.505. The summed E-state index contributed by atoms with van der Waals surface area (Å²) in [5.41, 5.74) is 0. The minimum Gasteiger partial charge on any atom is -0.303 e. The van der Waals surface area contributed by atoms with Crippen LogP contribution in [0.5, 0.6) is 0 Å². The van der Waals surface area contributed by atoms with Crippen molar-refractivity contribution in [1.82, 2.24) is 9.57 Å². The Balaban J connectivity index is 1.78. The van der Waals surface area contributed by atoms with Gasteiger partial charge in [0.05, 0.1) is 0 Å². The zero-order valence-corrected chi connectivity index (χ0v) is 12.4. The molecule has 0 N–H and O–H groups in total. The molecule has 2 heterocycles. The largest absolute Gasteiger partial charge is 0.303 e. The molecule has 0 amide bonds. The first-order valence-electron chi connectivity index (χ1n) is 5.97. The van der Waals surface area contributed by atoms with Crippen LogP contribution in [0.4, 0.5) is 0 Å². The Hall–Kier alpha value is 0.882. The minimum absolute atomic E-state index is 0.970. The van der Waals surface area contributed by atoms with Crippen LogP contribution in [0, 0.1) is 5.92 Å². The van der Waals surface area contributed by atoms with Gasteiger partial charge in [-0.1, -0.05) is 20.6 Å². The van der Waals surface area contributed by atoms with Gasteiger partial charge in [0.25, 0.3) is 0 Å². The topological polar surface area (TPSA) is 6.48 Å². The normalized spacial score (nSPS) is 36.4. The summed E-state index contributed by atoms with van der Waals surface area (Å²) in [5, 5.41) is 0. The molecule has 80 valence electrons. The molecule has 2 unspecified atom stereocenters. The molecule has 2 aliphatic rings. The smallest absolute Gasteiger partial charge is 0.218 e. The first-order chi connectivity index (χ1) is 6.75. The summed E-state index contributed by atoms with van der Waals surface area (Å²) in [6.45, 7) is 6.74. The van der Waals surface area contributed by atoms with Gasteiger partial charge in [-0.15, -0.1) is 0 Å². The van der Waals surface area contributed by atoms with E-state index in [4.69, 9.17) is 0 Å². The Morgan fingerprint density at radius 2 is 1.86 bits per heavy atom. The van der Waals surface area contributed by atoms with Crippen LogP contribution in [0.25, 0.3) is 0 Å². The van der Waals surface area contributed by atoms with E-state index in [0.717, 1.165) is 10.7 Å². The van der Waals surface area contributed by atoms with E-state index in [-0.39, 0.29) is 0 Å². The second-order valence-electron chi connectivity index (χ2n) is 5.05. The molecule has 2 nitrogen and oxygen atoms in total. The number of hydrogen-bond acceptors (Lipinski definition) is 2. The molecule has 3 atom stereocenters. The summed E-state index contributed by atoms with van der Waals surface area (Å²) in [5.74, 6) is 0.970. The zero-order chi connectivity index (χ0) is 9.97. The van der Waals surface area contributed by atoms with E-state index >= 15 is 0 Å². The molecule has 0 bridgehead atoms. The third-order valence-corrected chi connectivity index (χ3v) is 5.47. The number of likely N-dealkylation sites (tertiary alicyclic amines) is 1. The van der Waals surface area contributed by atoms with E-state index in [1.807, 2.05) is 0 Å². The molecule has 2 rings (SSSR count). The van der Waals surface area contributed by atoms with Gasteiger partial charge in [-0.2, -0.15) is 0 Å². The van der Waals surface area contributed by atoms with Gasteiger partial charge in [-0.25, -0.2) is 0 Å². The summed E-state index contributed by atoms with van der Waals surface area (Å²) < 4.78 is 3.46. The summed E-state index contributed by atoms with van der Waals surface area (Å²) in [6, 6.07) is 0. The van der Waals surface area contributed by atoms with Gasteiger partial charge in [0, 0.05) is 13.1 Å². The molecule has 4 heteroatoms. The average molecular weight is 228 g/mol. The van der Waals surface area contributed by atoms with Gasteiger partial charge in [-0.05, 0) is 38.4 Å². The Kier molecular flexibility index (Phi) is 4.29. The SMILES string of the molecule is [AlH2][C@H]1CN(P)CC1CN1CCCCC1. The summed E-state index contributed by atoms with van der Waals surface area (Å²) in [4.78, 5) is 2.70. The Morgan fingerprint density at radius 1 is 1.14 bits per heavy atom. The van der Waals surface area contributed by atoms with Crippen LogP contribution in [0.3, 0.4) is 0 Å². The Morgan fingerprint density at radius 3 is 2.43 bits per heavy atom. The van der Waals surface area contributed by atoms with Crippen LogP contribution in [0.15, 0.2) is 0 Å². The van der Waals surface area contributed by atoms with Crippen molar-refractivity contribution >= 4 is 25.7 Å². The van der Waals surface area contributed by atoms with Crippen molar-refractivity contribution < 1.29 is 0 Å². The highest BCUT2D eigenvalue weighted by Crippen LogP contribution is 2.29. The molecule has 14 heavy (non-hydrogen) atoms. The van der Waals surface area contributed by atoms with Crippen LogP contribution in [-0.4, -0.2) is 58.6 Å². The lowest BCUT2D eigenvalue weighted by Gasteiger charge is -2.30. The number of rotatable bonds is 2. The van der Waals surface area contributed by atoms with Crippen molar-refractivity contribution in [3.8, 4) is 0 Å². The van der Waals surface area contributed by atoms with E-state index in [1.165, 1.54) is 68.3 Å². The standard InChI is InChI=1S/C10H20N2P.Al.2H/c13-12-7-4-10(9-12)8-11-5-2-1-3-6-11;;;/h4,10H,1-3,5-9,13H2;;;. The molecule has 2 fully saturated rings. The van der Waals surface area contributed by atoms with Gasteiger partial charge >= 0.3 is 0 Å². The van der Waals surface area contributed by atoms with E-state index in [2.05, 4.69) is 19.0 Å². The molecule has 0 aromatic rings. The first-order valence-corrected chi connectivity index (χ1v) is 7.65. The molecular formula is C10H22AlN2P. The third-order valence-electron chi connectivity index (χ3n) is 3.74. The molecule has 2 saturated heterocycles. The van der Waals surface area contributed by atoms with Crippen LogP contribution < -0.4 is 0 Å². The maximum atomic E-state index is 2.88. The maximum Gasteiger partial charge on any atom is 0.218 e. The Labute approximate surface area is 98.1 Å². The van der Waals surface area contributed by atoms with Crippen molar-refractivity contribution in [3.05, 3.63) is 0 Å². The monoisotopic (exact) mass is 228 g/mol. The minimum atomic E-state index is 0.970. The molecular weight excluding hydrogens is 206 g/mol. The fraction of sp³-hybridized carbons (Fsp3) is 1.00. The maximum absolute atomic E-state index is 2.88. The van der Waals surface area contributed by atoms with Crippen molar-refractivity contribution in [1.29, 1.82) is 0 Å². The molecule has 0 aliphatic carbocycles. The van der Waals surface area contributed by atoms with Gasteiger partial charge in [0.2, 0.25) is 16.3 Å². The van der Waals surface area contributed by atoms with Gasteiger partial charge in [0.1, 0.15) is 0 Å². The zero-order valence-electron chi connectivity index (χ0n) is 9.28. The van der Waals surface area contributed by atoms with Crippen LogP contribution in [0.1, 0.15) is 19.3 Å². The van der Waals surface area contributed by atoms with Crippen LogP contribution in [-0.2, 0) is 0 Å². The second kappa shape index (κ2) is 5.28. The lowest BCUT2D eigenvalue weighted by Crippen LogP contribution is -2.35. The molecule has 0 saturated carbocycles. The lowest BCUT2D eigenvalue weighted by molar-refractivity contribution is 0.199. The average Bonchev–Trinajstić information content (AvgIpc) is 2.47. The molecule has 0 aromatic heterocycles. The van der Waals surface area contributed by atoms with E-state index in [9.17, 15) is 0 Å². The Bertz CT molecular complexity index is 185. The van der Waals surface area contributed by atoms with Gasteiger partial charge < -0.3 is 4.90 Å². The molecule has 0 spiro atoms. The summed E-state index contributed by atoms with van der Waals surface area (Å²) in [7, 11) is 2.88. The van der Waals surface area contributed by atoms with E-state index in [0.29, 0.717) is 0 Å². The number of piperidine rings is 1. The fourth-order valence-electron chi connectivity index (χ4n) is 2.79.